The summed E-state index contributed by atoms with van der Waals surface area (Å²) in [7, 11) is 2.10. The van der Waals surface area contributed by atoms with Crippen LogP contribution in [0.3, 0.4) is 0 Å². The summed E-state index contributed by atoms with van der Waals surface area (Å²) < 4.78 is 0. The zero-order valence-electron chi connectivity index (χ0n) is 12.5. The number of likely N-dealkylation sites (N-methyl/N-ethyl adjacent to an activating group) is 1. The number of hydrogen-bond donors (Lipinski definition) is 2. The summed E-state index contributed by atoms with van der Waals surface area (Å²) in [5.74, 6) is 0.819. The van der Waals surface area contributed by atoms with Gasteiger partial charge in [-0.2, -0.15) is 12.6 Å². The summed E-state index contributed by atoms with van der Waals surface area (Å²) in [6, 6.07) is 9.65. The van der Waals surface area contributed by atoms with Crippen LogP contribution in [0.15, 0.2) is 24.3 Å². The summed E-state index contributed by atoms with van der Waals surface area (Å²) in [6.45, 7) is 6.59. The molecular formula is C16H28N2S. The first-order valence-electron chi connectivity index (χ1n) is 7.26. The van der Waals surface area contributed by atoms with E-state index in [9.17, 15) is 0 Å². The largest absolute Gasteiger partial charge is 0.314 e. The molecule has 2 nitrogen and oxygen atoms in total. The fourth-order valence-electron chi connectivity index (χ4n) is 1.87. The minimum atomic E-state index is 0.621. The third-order valence-electron chi connectivity index (χ3n) is 3.57. The van der Waals surface area contributed by atoms with Gasteiger partial charge in [-0.25, -0.2) is 0 Å². The Balaban J connectivity index is 2.31. The Bertz CT molecular complexity index is 337. The number of benzene rings is 1. The molecule has 0 radical (unpaired) electrons. The van der Waals surface area contributed by atoms with Crippen molar-refractivity contribution in [3.05, 3.63) is 35.4 Å². The normalized spacial score (nSPS) is 12.9. The lowest BCUT2D eigenvalue weighted by Crippen LogP contribution is -2.27. The second-order valence-electron chi connectivity index (χ2n) is 5.30. The summed E-state index contributed by atoms with van der Waals surface area (Å²) >= 11 is 4.26. The van der Waals surface area contributed by atoms with E-state index in [1.807, 2.05) is 0 Å². The lowest BCUT2D eigenvalue weighted by atomic mass is 10.1. The van der Waals surface area contributed by atoms with E-state index >= 15 is 0 Å². The van der Waals surface area contributed by atoms with E-state index in [2.05, 4.69) is 68.0 Å². The van der Waals surface area contributed by atoms with Crippen molar-refractivity contribution in [2.45, 2.75) is 39.2 Å². The molecule has 0 saturated carbocycles. The van der Waals surface area contributed by atoms with Crippen LogP contribution in [0.25, 0.3) is 0 Å². The minimum absolute atomic E-state index is 0.621. The summed E-state index contributed by atoms with van der Waals surface area (Å²) in [4.78, 5) is 2.22. The van der Waals surface area contributed by atoms with Crippen molar-refractivity contribution >= 4 is 12.6 Å². The van der Waals surface area contributed by atoms with E-state index in [1.54, 1.807) is 0 Å². The summed E-state index contributed by atoms with van der Waals surface area (Å²) in [5, 5.41) is 3.53. The standard InChI is InChI=1S/C16H28N2S/c1-4-14(2)17-11-9-15-5-7-16(8-6-15)10-12-18(3)13-19/h5-8,14,17,19H,4,9-13H2,1-3H3. The maximum atomic E-state index is 4.26. The zero-order valence-corrected chi connectivity index (χ0v) is 13.4. The molecule has 0 aliphatic carbocycles. The molecule has 3 heteroatoms. The summed E-state index contributed by atoms with van der Waals surface area (Å²) in [6.07, 6.45) is 3.40. The third-order valence-corrected chi connectivity index (χ3v) is 4.05. The first-order chi connectivity index (χ1) is 9.15. The lowest BCUT2D eigenvalue weighted by Gasteiger charge is -2.13. The van der Waals surface area contributed by atoms with Gasteiger partial charge in [0.2, 0.25) is 0 Å². The third kappa shape index (κ3) is 7.00. The van der Waals surface area contributed by atoms with E-state index in [1.165, 1.54) is 17.5 Å². The molecule has 1 aromatic rings. The van der Waals surface area contributed by atoms with Crippen LogP contribution in [0.4, 0.5) is 0 Å². The summed E-state index contributed by atoms with van der Waals surface area (Å²) in [5.41, 5.74) is 2.83. The Hall–Kier alpha value is -0.510. The van der Waals surface area contributed by atoms with Gasteiger partial charge in [-0.05, 0) is 50.9 Å². The van der Waals surface area contributed by atoms with Gasteiger partial charge in [-0.3, -0.25) is 4.90 Å². The molecule has 0 aromatic heterocycles. The van der Waals surface area contributed by atoms with E-state index in [0.29, 0.717) is 6.04 Å². The monoisotopic (exact) mass is 280 g/mol. The molecule has 0 aliphatic heterocycles. The fourth-order valence-corrected chi connectivity index (χ4v) is 2.01. The van der Waals surface area contributed by atoms with Gasteiger partial charge < -0.3 is 5.32 Å². The molecule has 1 N–H and O–H groups in total. The average molecular weight is 280 g/mol. The van der Waals surface area contributed by atoms with Crippen LogP contribution in [0.2, 0.25) is 0 Å². The van der Waals surface area contributed by atoms with Crippen molar-refractivity contribution < 1.29 is 0 Å². The van der Waals surface area contributed by atoms with Crippen LogP contribution in [-0.4, -0.2) is 37.0 Å². The minimum Gasteiger partial charge on any atom is -0.314 e. The van der Waals surface area contributed by atoms with Gasteiger partial charge in [0.25, 0.3) is 0 Å². The van der Waals surface area contributed by atoms with E-state index in [-0.39, 0.29) is 0 Å². The molecule has 1 rings (SSSR count). The van der Waals surface area contributed by atoms with Crippen molar-refractivity contribution in [3.8, 4) is 0 Å². The molecule has 108 valence electrons. The highest BCUT2D eigenvalue weighted by Crippen LogP contribution is 2.06. The van der Waals surface area contributed by atoms with Crippen LogP contribution in [0, 0.1) is 0 Å². The molecule has 0 aliphatic rings. The Morgan fingerprint density at radius 1 is 1.16 bits per heavy atom. The molecular weight excluding hydrogens is 252 g/mol. The highest BCUT2D eigenvalue weighted by Gasteiger charge is 2.00. The van der Waals surface area contributed by atoms with Gasteiger partial charge in [0.1, 0.15) is 0 Å². The van der Waals surface area contributed by atoms with E-state index < -0.39 is 0 Å². The van der Waals surface area contributed by atoms with Gasteiger partial charge in [-0.15, -0.1) is 0 Å². The Morgan fingerprint density at radius 3 is 2.26 bits per heavy atom. The Morgan fingerprint density at radius 2 is 1.74 bits per heavy atom. The Kier molecular flexibility index (Phi) is 8.19. The SMILES string of the molecule is CCC(C)NCCc1ccc(CCN(C)CS)cc1. The fraction of sp³-hybridized carbons (Fsp3) is 0.625. The Labute approximate surface area is 124 Å². The molecule has 0 amide bonds. The second kappa shape index (κ2) is 9.40. The number of hydrogen-bond acceptors (Lipinski definition) is 3. The molecule has 0 bridgehead atoms. The van der Waals surface area contributed by atoms with Crippen LogP contribution in [0.5, 0.6) is 0 Å². The second-order valence-corrected chi connectivity index (χ2v) is 5.58. The molecule has 0 heterocycles. The van der Waals surface area contributed by atoms with Crippen molar-refractivity contribution in [2.75, 3.05) is 26.0 Å². The average Bonchev–Trinajstić information content (AvgIpc) is 2.45. The molecule has 1 aromatic carbocycles. The van der Waals surface area contributed by atoms with Crippen LogP contribution in [-0.2, 0) is 12.8 Å². The number of nitrogens with zero attached hydrogens (tertiary/aromatic N) is 1. The highest BCUT2D eigenvalue weighted by molar-refractivity contribution is 7.80. The van der Waals surface area contributed by atoms with Gasteiger partial charge in [0, 0.05) is 18.5 Å². The number of rotatable bonds is 9. The molecule has 0 saturated heterocycles. The van der Waals surface area contributed by atoms with Gasteiger partial charge in [0.05, 0.1) is 0 Å². The van der Waals surface area contributed by atoms with Gasteiger partial charge in [-0.1, -0.05) is 31.2 Å². The van der Waals surface area contributed by atoms with Crippen LogP contribution < -0.4 is 5.32 Å². The van der Waals surface area contributed by atoms with Crippen LogP contribution in [0.1, 0.15) is 31.4 Å². The van der Waals surface area contributed by atoms with Crippen molar-refractivity contribution in [2.24, 2.45) is 0 Å². The molecule has 1 unspecified atom stereocenters. The van der Waals surface area contributed by atoms with Crippen molar-refractivity contribution in [1.82, 2.24) is 10.2 Å². The predicted molar refractivity (Wildman–Crippen MR) is 88.1 cm³/mol. The van der Waals surface area contributed by atoms with Crippen LogP contribution >= 0.6 is 12.6 Å². The maximum absolute atomic E-state index is 4.26. The highest BCUT2D eigenvalue weighted by atomic mass is 32.1. The quantitative estimate of drug-likeness (QED) is 0.534. The molecule has 1 atom stereocenters. The zero-order chi connectivity index (χ0) is 14.1. The van der Waals surface area contributed by atoms with Gasteiger partial charge >= 0.3 is 0 Å². The first kappa shape index (κ1) is 16.5. The lowest BCUT2D eigenvalue weighted by molar-refractivity contribution is 0.399. The van der Waals surface area contributed by atoms with Gasteiger partial charge in [0.15, 0.2) is 0 Å². The molecule has 0 spiro atoms. The first-order valence-corrected chi connectivity index (χ1v) is 7.89. The van der Waals surface area contributed by atoms with E-state index in [4.69, 9.17) is 0 Å². The smallest absolute Gasteiger partial charge is 0.0411 e. The number of thiol groups is 1. The van der Waals surface area contributed by atoms with Crippen molar-refractivity contribution in [3.63, 3.8) is 0 Å². The number of nitrogens with one attached hydrogen (secondary N) is 1. The predicted octanol–water partition coefficient (Wildman–Crippen LogP) is 2.98. The maximum Gasteiger partial charge on any atom is 0.0411 e. The molecule has 0 fully saturated rings. The topological polar surface area (TPSA) is 15.3 Å². The van der Waals surface area contributed by atoms with Crippen molar-refractivity contribution in [1.29, 1.82) is 0 Å². The van der Waals surface area contributed by atoms with E-state index in [0.717, 1.165) is 31.8 Å². The molecule has 19 heavy (non-hydrogen) atoms.